The van der Waals surface area contributed by atoms with Crippen molar-refractivity contribution in [1.29, 1.82) is 0 Å². The number of piperidine rings is 1. The molecular formula is C21H26N2O2. The predicted molar refractivity (Wildman–Crippen MR) is 102 cm³/mol. The van der Waals surface area contributed by atoms with E-state index in [1.54, 1.807) is 7.11 Å². The molecule has 3 rings (SSSR count). The van der Waals surface area contributed by atoms with Crippen molar-refractivity contribution in [3.63, 3.8) is 0 Å². The Morgan fingerprint density at radius 1 is 1.12 bits per heavy atom. The summed E-state index contributed by atoms with van der Waals surface area (Å²) in [5.41, 5.74) is 4.18. The minimum atomic E-state index is 0.0929. The number of benzene rings is 2. The Morgan fingerprint density at radius 3 is 2.56 bits per heavy atom. The summed E-state index contributed by atoms with van der Waals surface area (Å²) in [6, 6.07) is 16.3. The summed E-state index contributed by atoms with van der Waals surface area (Å²) < 4.78 is 5.42. The molecule has 0 bridgehead atoms. The van der Waals surface area contributed by atoms with Crippen molar-refractivity contribution in [2.45, 2.75) is 18.9 Å². The van der Waals surface area contributed by atoms with Gasteiger partial charge in [-0.15, -0.1) is 0 Å². The lowest BCUT2D eigenvalue weighted by Gasteiger charge is -2.32. The maximum atomic E-state index is 12.7. The molecule has 1 heterocycles. The molecule has 0 aromatic heterocycles. The monoisotopic (exact) mass is 338 g/mol. The fourth-order valence-corrected chi connectivity index (χ4v) is 3.27. The van der Waals surface area contributed by atoms with Gasteiger partial charge in [-0.3, -0.25) is 4.79 Å². The molecule has 0 spiro atoms. The molecule has 1 fully saturated rings. The summed E-state index contributed by atoms with van der Waals surface area (Å²) in [7, 11) is 5.79. The molecule has 1 atom stereocenters. The first-order chi connectivity index (χ1) is 12.1. The number of carbonyl (C=O) groups excluding carboxylic acids is 1. The third kappa shape index (κ3) is 4.02. The minimum absolute atomic E-state index is 0.0929. The maximum Gasteiger partial charge on any atom is 0.253 e. The van der Waals surface area contributed by atoms with Crippen LogP contribution in [0.3, 0.4) is 0 Å². The lowest BCUT2D eigenvalue weighted by molar-refractivity contribution is 0.0269. The molecule has 1 aliphatic rings. The van der Waals surface area contributed by atoms with Crippen LogP contribution in [0.1, 0.15) is 23.2 Å². The molecular weight excluding hydrogens is 312 g/mol. The van der Waals surface area contributed by atoms with Crippen LogP contribution in [0.2, 0.25) is 0 Å². The predicted octanol–water partition coefficient (Wildman–Crippen LogP) is 3.67. The molecule has 0 radical (unpaired) electrons. The number of amides is 1. The van der Waals surface area contributed by atoms with Gasteiger partial charge in [-0.05, 0) is 48.2 Å². The summed E-state index contributed by atoms with van der Waals surface area (Å²) in [6.45, 7) is 1.49. The Hall–Kier alpha value is -2.33. The average molecular weight is 338 g/mol. The first-order valence-corrected chi connectivity index (χ1v) is 8.78. The number of hydrogen-bond donors (Lipinski definition) is 0. The molecule has 4 heteroatoms. The lowest BCUT2D eigenvalue weighted by atomic mass is 10.0. The van der Waals surface area contributed by atoms with E-state index >= 15 is 0 Å². The van der Waals surface area contributed by atoms with Gasteiger partial charge < -0.3 is 14.5 Å². The molecule has 25 heavy (non-hydrogen) atoms. The van der Waals surface area contributed by atoms with Crippen molar-refractivity contribution in [2.24, 2.45) is 0 Å². The molecule has 2 aromatic carbocycles. The normalized spacial score (nSPS) is 17.4. The molecule has 1 unspecified atom stereocenters. The largest absolute Gasteiger partial charge is 0.380 e. The summed E-state index contributed by atoms with van der Waals surface area (Å²) in [4.78, 5) is 16.7. The Bertz CT molecular complexity index is 725. The van der Waals surface area contributed by atoms with Crippen molar-refractivity contribution in [1.82, 2.24) is 4.90 Å². The zero-order chi connectivity index (χ0) is 17.8. The summed E-state index contributed by atoms with van der Waals surface area (Å²) in [5.74, 6) is 0.0929. The highest BCUT2D eigenvalue weighted by molar-refractivity contribution is 5.94. The molecule has 0 aliphatic carbocycles. The van der Waals surface area contributed by atoms with Crippen LogP contribution in [0.5, 0.6) is 0 Å². The fraction of sp³-hybridized carbons (Fsp3) is 0.381. The van der Waals surface area contributed by atoms with Crippen molar-refractivity contribution in [3.05, 3.63) is 54.1 Å². The Kier molecular flexibility index (Phi) is 5.39. The molecule has 0 saturated carbocycles. The SMILES string of the molecule is COC1CCCN(C(=O)c2ccc(-c3cccc(N(C)C)c3)cc2)C1. The zero-order valence-corrected chi connectivity index (χ0v) is 15.2. The smallest absolute Gasteiger partial charge is 0.253 e. The Balaban J connectivity index is 1.76. The topological polar surface area (TPSA) is 32.8 Å². The molecule has 0 N–H and O–H groups in total. The van der Waals surface area contributed by atoms with Gasteiger partial charge in [0.2, 0.25) is 0 Å². The number of nitrogens with zero attached hydrogens (tertiary/aromatic N) is 2. The van der Waals surface area contributed by atoms with E-state index in [0.717, 1.165) is 41.8 Å². The van der Waals surface area contributed by atoms with Gasteiger partial charge in [0.05, 0.1) is 6.10 Å². The molecule has 4 nitrogen and oxygen atoms in total. The zero-order valence-electron chi connectivity index (χ0n) is 15.2. The number of carbonyl (C=O) groups is 1. The van der Waals surface area contributed by atoms with Crippen LogP contribution in [0.15, 0.2) is 48.5 Å². The van der Waals surface area contributed by atoms with E-state index in [-0.39, 0.29) is 12.0 Å². The Morgan fingerprint density at radius 2 is 1.88 bits per heavy atom. The van der Waals surface area contributed by atoms with Gasteiger partial charge >= 0.3 is 0 Å². The van der Waals surface area contributed by atoms with Crippen molar-refractivity contribution < 1.29 is 9.53 Å². The van der Waals surface area contributed by atoms with E-state index in [9.17, 15) is 4.79 Å². The van der Waals surface area contributed by atoms with E-state index in [4.69, 9.17) is 4.74 Å². The van der Waals surface area contributed by atoms with Crippen LogP contribution in [-0.2, 0) is 4.74 Å². The molecule has 2 aromatic rings. The summed E-state index contributed by atoms with van der Waals surface area (Å²) >= 11 is 0. The molecule has 1 saturated heterocycles. The van der Waals surface area contributed by atoms with E-state index in [2.05, 4.69) is 29.2 Å². The van der Waals surface area contributed by atoms with Gasteiger partial charge in [-0.2, -0.15) is 0 Å². The second kappa shape index (κ2) is 7.70. The van der Waals surface area contributed by atoms with Crippen molar-refractivity contribution in [3.8, 4) is 11.1 Å². The fourth-order valence-electron chi connectivity index (χ4n) is 3.27. The van der Waals surface area contributed by atoms with E-state index in [1.807, 2.05) is 43.3 Å². The first-order valence-electron chi connectivity index (χ1n) is 8.78. The van der Waals surface area contributed by atoms with E-state index in [0.29, 0.717) is 6.54 Å². The molecule has 1 amide bonds. The standard InChI is InChI=1S/C21H26N2O2/c1-22(2)19-7-4-6-18(14-19)16-9-11-17(12-10-16)21(24)23-13-5-8-20(15-23)25-3/h4,6-7,9-12,14,20H,5,8,13,15H2,1-3H3. The maximum absolute atomic E-state index is 12.7. The summed E-state index contributed by atoms with van der Waals surface area (Å²) in [5, 5.41) is 0. The van der Waals surface area contributed by atoms with Gasteiger partial charge in [-0.1, -0.05) is 24.3 Å². The van der Waals surface area contributed by atoms with Gasteiger partial charge in [0.15, 0.2) is 0 Å². The number of methoxy groups -OCH3 is 1. The number of likely N-dealkylation sites (tertiary alicyclic amines) is 1. The van der Waals surface area contributed by atoms with E-state index in [1.165, 1.54) is 0 Å². The summed E-state index contributed by atoms with van der Waals surface area (Å²) in [6.07, 6.45) is 2.19. The molecule has 132 valence electrons. The number of ether oxygens (including phenoxy) is 1. The lowest BCUT2D eigenvalue weighted by Crippen LogP contribution is -2.42. The second-order valence-electron chi connectivity index (χ2n) is 6.77. The highest BCUT2D eigenvalue weighted by Crippen LogP contribution is 2.25. The minimum Gasteiger partial charge on any atom is -0.380 e. The quantitative estimate of drug-likeness (QED) is 0.853. The van der Waals surface area contributed by atoms with Crippen LogP contribution in [-0.4, -0.2) is 51.2 Å². The van der Waals surface area contributed by atoms with Crippen LogP contribution in [0.25, 0.3) is 11.1 Å². The highest BCUT2D eigenvalue weighted by Gasteiger charge is 2.24. The van der Waals surface area contributed by atoms with Gasteiger partial charge in [-0.25, -0.2) is 0 Å². The van der Waals surface area contributed by atoms with Crippen LogP contribution < -0.4 is 4.90 Å². The van der Waals surface area contributed by atoms with Crippen molar-refractivity contribution in [2.75, 3.05) is 39.2 Å². The second-order valence-corrected chi connectivity index (χ2v) is 6.77. The third-order valence-electron chi connectivity index (χ3n) is 4.83. The van der Waals surface area contributed by atoms with Gasteiger partial charge in [0, 0.05) is 45.5 Å². The average Bonchev–Trinajstić information content (AvgIpc) is 2.67. The Labute approximate surface area is 150 Å². The number of rotatable bonds is 4. The van der Waals surface area contributed by atoms with Crippen molar-refractivity contribution >= 4 is 11.6 Å². The first kappa shape index (κ1) is 17.5. The highest BCUT2D eigenvalue weighted by atomic mass is 16.5. The van der Waals surface area contributed by atoms with Crippen LogP contribution in [0, 0.1) is 0 Å². The van der Waals surface area contributed by atoms with E-state index < -0.39 is 0 Å². The number of hydrogen-bond acceptors (Lipinski definition) is 3. The van der Waals surface area contributed by atoms with Gasteiger partial charge in [0.25, 0.3) is 5.91 Å². The number of anilines is 1. The van der Waals surface area contributed by atoms with Gasteiger partial charge in [0.1, 0.15) is 0 Å². The van der Waals surface area contributed by atoms with Crippen LogP contribution >= 0.6 is 0 Å². The molecule has 1 aliphatic heterocycles. The third-order valence-corrected chi connectivity index (χ3v) is 4.83. The van der Waals surface area contributed by atoms with Crippen LogP contribution in [0.4, 0.5) is 5.69 Å².